The molecule has 1 rings (SSSR count). The average molecular weight is 240 g/mol. The molecule has 0 aliphatic heterocycles. The smallest absolute Gasteiger partial charge is 0.313 e. The van der Waals surface area contributed by atoms with Gasteiger partial charge in [-0.1, -0.05) is 26.8 Å². The van der Waals surface area contributed by atoms with Gasteiger partial charge in [0.05, 0.1) is 5.60 Å². The van der Waals surface area contributed by atoms with E-state index >= 15 is 0 Å². The molecule has 1 atom stereocenters. The van der Waals surface area contributed by atoms with Crippen LogP contribution in [0.5, 0.6) is 0 Å². The van der Waals surface area contributed by atoms with Gasteiger partial charge in [0.2, 0.25) is 0 Å². The van der Waals surface area contributed by atoms with Crippen LogP contribution in [0.3, 0.4) is 0 Å². The van der Waals surface area contributed by atoms with Crippen LogP contribution in [0, 0.1) is 17.3 Å². The molecule has 0 spiro atoms. The van der Waals surface area contributed by atoms with Crippen molar-refractivity contribution in [1.82, 2.24) is 0 Å². The molecule has 2 N–H and O–H groups in total. The van der Waals surface area contributed by atoms with Crippen LogP contribution >= 0.6 is 0 Å². The van der Waals surface area contributed by atoms with Crippen molar-refractivity contribution in [3.63, 3.8) is 0 Å². The Kier molecular flexibility index (Phi) is 4.03. The van der Waals surface area contributed by atoms with Gasteiger partial charge < -0.3 is 10.2 Å². The lowest BCUT2D eigenvalue weighted by Gasteiger charge is -2.43. The first-order chi connectivity index (χ1) is 7.70. The van der Waals surface area contributed by atoms with Crippen molar-refractivity contribution in [1.29, 1.82) is 0 Å². The molecule has 0 bridgehead atoms. The summed E-state index contributed by atoms with van der Waals surface area (Å²) in [6.07, 6.45) is 4.24. The molecule has 0 aromatic rings. The van der Waals surface area contributed by atoms with Crippen LogP contribution in [0.2, 0.25) is 0 Å². The van der Waals surface area contributed by atoms with Crippen molar-refractivity contribution in [2.45, 2.75) is 52.1 Å². The summed E-state index contributed by atoms with van der Waals surface area (Å²) in [6, 6.07) is 0. The van der Waals surface area contributed by atoms with Gasteiger partial charge in [0.1, 0.15) is 5.92 Å². The van der Waals surface area contributed by atoms with E-state index in [2.05, 4.69) is 27.4 Å². The highest BCUT2D eigenvalue weighted by atomic mass is 16.4. The van der Waals surface area contributed by atoms with Gasteiger partial charge in [-0.15, -0.1) is 6.58 Å². The fraction of sp³-hybridized carbons (Fsp3) is 0.786. The Morgan fingerprint density at radius 3 is 2.18 bits per heavy atom. The largest absolute Gasteiger partial charge is 0.481 e. The van der Waals surface area contributed by atoms with Crippen molar-refractivity contribution in [2.24, 2.45) is 17.3 Å². The highest BCUT2D eigenvalue weighted by Gasteiger charge is 2.44. The Balaban J connectivity index is 2.72. The standard InChI is InChI=1S/C14H24O3/c1-5-11(12(15)16)14(17)8-6-10(7-9-14)13(2,3)4/h5,10-11,17H,1,6-9H2,2-4H3,(H,15,16). The molecule has 17 heavy (non-hydrogen) atoms. The number of carboxylic acids is 1. The highest BCUT2D eigenvalue weighted by molar-refractivity contribution is 5.73. The number of aliphatic carboxylic acids is 1. The quantitative estimate of drug-likeness (QED) is 0.746. The number of carboxylic acid groups (broad SMARTS) is 1. The molecule has 0 radical (unpaired) electrons. The fourth-order valence-corrected chi connectivity index (χ4v) is 2.84. The first-order valence-corrected chi connectivity index (χ1v) is 6.28. The number of hydrogen-bond donors (Lipinski definition) is 2. The first kappa shape index (κ1) is 14.2. The Bertz CT molecular complexity index is 293. The van der Waals surface area contributed by atoms with Gasteiger partial charge >= 0.3 is 5.97 Å². The van der Waals surface area contributed by atoms with Crippen molar-refractivity contribution in [2.75, 3.05) is 0 Å². The summed E-state index contributed by atoms with van der Waals surface area (Å²) in [5, 5.41) is 19.5. The lowest BCUT2D eigenvalue weighted by molar-refractivity contribution is -0.152. The third-order valence-corrected chi connectivity index (χ3v) is 4.16. The summed E-state index contributed by atoms with van der Waals surface area (Å²) in [7, 11) is 0. The molecule has 1 aliphatic carbocycles. The molecule has 0 aromatic carbocycles. The summed E-state index contributed by atoms with van der Waals surface area (Å²) in [6.45, 7) is 10.1. The van der Waals surface area contributed by atoms with Gasteiger partial charge in [0, 0.05) is 0 Å². The first-order valence-electron chi connectivity index (χ1n) is 6.28. The van der Waals surface area contributed by atoms with Crippen LogP contribution in [0.1, 0.15) is 46.5 Å². The van der Waals surface area contributed by atoms with E-state index in [4.69, 9.17) is 5.11 Å². The van der Waals surface area contributed by atoms with Crippen LogP contribution in [0.4, 0.5) is 0 Å². The van der Waals surface area contributed by atoms with Gasteiger partial charge in [0.15, 0.2) is 0 Å². The molecule has 1 saturated carbocycles. The van der Waals surface area contributed by atoms with E-state index in [0.29, 0.717) is 18.8 Å². The van der Waals surface area contributed by atoms with Crippen LogP contribution in [0.25, 0.3) is 0 Å². The Labute approximate surface area is 104 Å². The monoisotopic (exact) mass is 240 g/mol. The summed E-state index contributed by atoms with van der Waals surface area (Å²) < 4.78 is 0. The van der Waals surface area contributed by atoms with E-state index in [1.54, 1.807) is 0 Å². The molecule has 3 heteroatoms. The lowest BCUT2D eigenvalue weighted by Crippen LogP contribution is -2.45. The molecule has 0 aromatic heterocycles. The molecule has 1 unspecified atom stereocenters. The summed E-state index contributed by atoms with van der Waals surface area (Å²) >= 11 is 0. The lowest BCUT2D eigenvalue weighted by atomic mass is 9.65. The molecular formula is C14H24O3. The topological polar surface area (TPSA) is 57.5 Å². The molecule has 3 nitrogen and oxygen atoms in total. The minimum absolute atomic E-state index is 0.230. The maximum atomic E-state index is 11.1. The number of hydrogen-bond acceptors (Lipinski definition) is 2. The molecule has 1 fully saturated rings. The SMILES string of the molecule is C=CC(C(=O)O)C1(O)CCC(C(C)(C)C)CC1. The number of carbonyl (C=O) groups is 1. The van der Waals surface area contributed by atoms with E-state index in [9.17, 15) is 9.90 Å². The number of rotatable bonds is 3. The Morgan fingerprint density at radius 2 is 1.88 bits per heavy atom. The highest BCUT2D eigenvalue weighted by Crippen LogP contribution is 2.44. The average Bonchev–Trinajstić information content (AvgIpc) is 2.16. The van der Waals surface area contributed by atoms with Crippen molar-refractivity contribution in [3.05, 3.63) is 12.7 Å². The summed E-state index contributed by atoms with van der Waals surface area (Å²) in [5.74, 6) is -1.26. The van der Waals surface area contributed by atoms with Gasteiger partial charge in [-0.25, -0.2) is 0 Å². The van der Waals surface area contributed by atoms with Crippen LogP contribution in [0.15, 0.2) is 12.7 Å². The zero-order valence-corrected chi connectivity index (χ0v) is 11.1. The molecule has 0 saturated heterocycles. The predicted molar refractivity (Wildman–Crippen MR) is 67.7 cm³/mol. The minimum Gasteiger partial charge on any atom is -0.481 e. The second-order valence-corrected chi connectivity index (χ2v) is 6.30. The van der Waals surface area contributed by atoms with Gasteiger partial charge in [-0.3, -0.25) is 4.79 Å². The third-order valence-electron chi connectivity index (χ3n) is 4.16. The third kappa shape index (κ3) is 3.09. The zero-order chi connectivity index (χ0) is 13.3. The summed E-state index contributed by atoms with van der Waals surface area (Å²) in [4.78, 5) is 11.1. The van der Waals surface area contributed by atoms with E-state index < -0.39 is 17.5 Å². The van der Waals surface area contributed by atoms with E-state index in [1.807, 2.05) is 0 Å². The molecule has 98 valence electrons. The Hall–Kier alpha value is -0.830. The Morgan fingerprint density at radius 1 is 1.41 bits per heavy atom. The van der Waals surface area contributed by atoms with Crippen LogP contribution in [-0.4, -0.2) is 21.8 Å². The van der Waals surface area contributed by atoms with Gasteiger partial charge in [-0.2, -0.15) is 0 Å². The fourth-order valence-electron chi connectivity index (χ4n) is 2.84. The van der Waals surface area contributed by atoms with E-state index in [0.717, 1.165) is 12.8 Å². The van der Waals surface area contributed by atoms with Crippen LogP contribution in [-0.2, 0) is 4.79 Å². The van der Waals surface area contributed by atoms with E-state index in [-0.39, 0.29) is 5.41 Å². The second-order valence-electron chi connectivity index (χ2n) is 6.30. The van der Waals surface area contributed by atoms with E-state index in [1.165, 1.54) is 6.08 Å². The van der Waals surface area contributed by atoms with Crippen molar-refractivity contribution >= 4 is 5.97 Å². The normalized spacial score (nSPS) is 31.9. The molecular weight excluding hydrogens is 216 g/mol. The molecule has 0 amide bonds. The zero-order valence-electron chi connectivity index (χ0n) is 11.1. The maximum absolute atomic E-state index is 11.1. The minimum atomic E-state index is -1.10. The van der Waals surface area contributed by atoms with Crippen molar-refractivity contribution in [3.8, 4) is 0 Å². The molecule has 1 aliphatic rings. The maximum Gasteiger partial charge on any atom is 0.313 e. The van der Waals surface area contributed by atoms with Gasteiger partial charge in [-0.05, 0) is 37.0 Å². The molecule has 0 heterocycles. The predicted octanol–water partition coefficient (Wildman–Crippen LogP) is 2.84. The summed E-state index contributed by atoms with van der Waals surface area (Å²) in [5.41, 5.74) is -0.871. The van der Waals surface area contributed by atoms with Crippen molar-refractivity contribution < 1.29 is 15.0 Å². The van der Waals surface area contributed by atoms with Crippen LogP contribution < -0.4 is 0 Å². The number of aliphatic hydroxyl groups is 1. The second kappa shape index (κ2) is 4.81. The van der Waals surface area contributed by atoms with Gasteiger partial charge in [0.25, 0.3) is 0 Å².